The minimum absolute atomic E-state index is 0.0735. The largest absolute Gasteiger partial charge is 0.396 e. The number of hydrogen-bond acceptors (Lipinski definition) is 3. The van der Waals surface area contributed by atoms with Gasteiger partial charge < -0.3 is 15.3 Å². The van der Waals surface area contributed by atoms with Crippen molar-refractivity contribution in [1.29, 1.82) is 0 Å². The van der Waals surface area contributed by atoms with E-state index in [1.807, 2.05) is 36.5 Å². The number of rotatable bonds is 4. The maximum atomic E-state index is 12.2. The van der Waals surface area contributed by atoms with Crippen molar-refractivity contribution in [2.45, 2.75) is 19.4 Å². The molecule has 1 aliphatic heterocycles. The van der Waals surface area contributed by atoms with Crippen LogP contribution in [-0.2, 0) is 6.54 Å². The van der Waals surface area contributed by atoms with Crippen LogP contribution in [0.15, 0.2) is 42.7 Å². The molecule has 1 atom stereocenters. The molecule has 6 nitrogen and oxygen atoms in total. The summed E-state index contributed by atoms with van der Waals surface area (Å²) < 4.78 is 1.80. The number of carbonyl (C=O) groups excluding carboxylic acids is 1. The number of carbonyl (C=O) groups is 1. The van der Waals surface area contributed by atoms with Crippen LogP contribution in [0.5, 0.6) is 0 Å². The van der Waals surface area contributed by atoms with Crippen LogP contribution in [0.25, 0.3) is 5.69 Å². The molecule has 2 aromatic rings. The van der Waals surface area contributed by atoms with Gasteiger partial charge >= 0.3 is 6.03 Å². The molecule has 0 aliphatic carbocycles. The van der Waals surface area contributed by atoms with Crippen LogP contribution in [0.4, 0.5) is 4.79 Å². The Labute approximate surface area is 135 Å². The summed E-state index contributed by atoms with van der Waals surface area (Å²) in [5.74, 6) is 0.204. The van der Waals surface area contributed by atoms with Gasteiger partial charge in [-0.25, -0.2) is 9.48 Å². The van der Waals surface area contributed by atoms with Gasteiger partial charge in [0.25, 0.3) is 0 Å². The van der Waals surface area contributed by atoms with Gasteiger partial charge in [0.2, 0.25) is 0 Å². The molecule has 0 bridgehead atoms. The molecular weight excluding hydrogens is 292 g/mol. The molecule has 1 aliphatic rings. The fourth-order valence-electron chi connectivity index (χ4n) is 2.86. The summed E-state index contributed by atoms with van der Waals surface area (Å²) in [4.78, 5) is 14.0. The van der Waals surface area contributed by atoms with E-state index in [9.17, 15) is 9.90 Å². The first kappa shape index (κ1) is 15.6. The van der Waals surface area contributed by atoms with E-state index in [0.29, 0.717) is 13.1 Å². The molecule has 3 rings (SSSR count). The van der Waals surface area contributed by atoms with E-state index < -0.39 is 0 Å². The number of nitrogens with one attached hydrogen (secondary N) is 1. The zero-order valence-corrected chi connectivity index (χ0v) is 13.1. The molecule has 2 amide bonds. The summed E-state index contributed by atoms with van der Waals surface area (Å²) in [7, 11) is 0. The molecular formula is C17H22N4O2. The number of nitrogens with zero attached hydrogens (tertiary/aromatic N) is 3. The van der Waals surface area contributed by atoms with E-state index >= 15 is 0 Å². The highest BCUT2D eigenvalue weighted by molar-refractivity contribution is 5.74. The lowest BCUT2D eigenvalue weighted by Crippen LogP contribution is -2.45. The van der Waals surface area contributed by atoms with Gasteiger partial charge in [-0.1, -0.05) is 18.2 Å². The fraction of sp³-hybridized carbons (Fsp3) is 0.412. The number of para-hydroxylation sites is 1. The summed E-state index contributed by atoms with van der Waals surface area (Å²) in [5, 5.41) is 16.5. The van der Waals surface area contributed by atoms with Crippen molar-refractivity contribution in [2.24, 2.45) is 5.92 Å². The van der Waals surface area contributed by atoms with Gasteiger partial charge in [0.05, 0.1) is 11.9 Å². The maximum Gasteiger partial charge on any atom is 0.317 e. The zero-order chi connectivity index (χ0) is 16.1. The quantitative estimate of drug-likeness (QED) is 0.904. The summed E-state index contributed by atoms with van der Waals surface area (Å²) in [6, 6.07) is 9.79. The van der Waals surface area contributed by atoms with Gasteiger partial charge in [-0.2, -0.15) is 5.10 Å². The zero-order valence-electron chi connectivity index (χ0n) is 13.1. The van der Waals surface area contributed by atoms with E-state index in [1.165, 1.54) is 0 Å². The van der Waals surface area contributed by atoms with E-state index in [1.54, 1.807) is 15.8 Å². The summed E-state index contributed by atoms with van der Waals surface area (Å²) in [6.07, 6.45) is 5.62. The summed E-state index contributed by atoms with van der Waals surface area (Å²) in [6.45, 7) is 1.98. The number of likely N-dealkylation sites (tertiary alicyclic amines) is 1. The van der Waals surface area contributed by atoms with Crippen molar-refractivity contribution in [1.82, 2.24) is 20.0 Å². The van der Waals surface area contributed by atoms with Gasteiger partial charge in [0.1, 0.15) is 0 Å². The lowest BCUT2D eigenvalue weighted by molar-refractivity contribution is 0.129. The van der Waals surface area contributed by atoms with E-state index in [0.717, 1.165) is 30.6 Å². The Balaban J connectivity index is 1.54. The van der Waals surface area contributed by atoms with Crippen LogP contribution in [0.1, 0.15) is 18.4 Å². The standard InChI is InChI=1S/C17H22N4O2/c22-13-14-5-4-8-20(11-14)17(23)18-9-15-10-19-21(12-15)16-6-2-1-3-7-16/h1-3,6-7,10,12,14,22H,4-5,8-9,11,13H2,(H,18,23). The molecule has 2 heterocycles. The Kier molecular flexibility index (Phi) is 4.92. The lowest BCUT2D eigenvalue weighted by atomic mass is 9.99. The SMILES string of the molecule is O=C(NCc1cnn(-c2ccccc2)c1)N1CCCC(CO)C1. The average Bonchev–Trinajstić information content (AvgIpc) is 3.09. The van der Waals surface area contributed by atoms with Crippen LogP contribution in [0.3, 0.4) is 0 Å². The molecule has 23 heavy (non-hydrogen) atoms. The third kappa shape index (κ3) is 3.90. The van der Waals surface area contributed by atoms with Crippen molar-refractivity contribution in [3.8, 4) is 5.69 Å². The van der Waals surface area contributed by atoms with Gasteiger partial charge in [0, 0.05) is 38.0 Å². The lowest BCUT2D eigenvalue weighted by Gasteiger charge is -2.31. The molecule has 2 N–H and O–H groups in total. The number of aliphatic hydroxyl groups excluding tert-OH is 1. The second-order valence-electron chi connectivity index (χ2n) is 5.92. The second kappa shape index (κ2) is 7.28. The average molecular weight is 314 g/mol. The highest BCUT2D eigenvalue weighted by Crippen LogP contribution is 2.15. The molecule has 1 fully saturated rings. The molecule has 1 saturated heterocycles. The van der Waals surface area contributed by atoms with Gasteiger partial charge in [-0.05, 0) is 30.9 Å². The highest BCUT2D eigenvalue weighted by Gasteiger charge is 2.22. The Morgan fingerprint density at radius 2 is 2.17 bits per heavy atom. The molecule has 1 aromatic heterocycles. The van der Waals surface area contributed by atoms with Crippen LogP contribution in [-0.4, -0.2) is 45.5 Å². The third-order valence-corrected chi connectivity index (χ3v) is 4.16. The molecule has 0 spiro atoms. The smallest absolute Gasteiger partial charge is 0.317 e. The molecule has 0 saturated carbocycles. The maximum absolute atomic E-state index is 12.2. The van der Waals surface area contributed by atoms with E-state index in [-0.39, 0.29) is 18.6 Å². The Bertz CT molecular complexity index is 641. The highest BCUT2D eigenvalue weighted by atomic mass is 16.3. The first-order valence-electron chi connectivity index (χ1n) is 7.99. The number of amides is 2. The number of hydrogen-bond donors (Lipinski definition) is 2. The van der Waals surface area contributed by atoms with Crippen LogP contribution in [0, 0.1) is 5.92 Å². The molecule has 1 unspecified atom stereocenters. The molecule has 6 heteroatoms. The van der Waals surface area contributed by atoms with Gasteiger partial charge in [0.15, 0.2) is 0 Å². The number of benzene rings is 1. The topological polar surface area (TPSA) is 70.4 Å². The van der Waals surface area contributed by atoms with Gasteiger partial charge in [-0.15, -0.1) is 0 Å². The minimum atomic E-state index is -0.0735. The Hall–Kier alpha value is -2.34. The summed E-state index contributed by atoms with van der Waals surface area (Å²) >= 11 is 0. The predicted octanol–water partition coefficient (Wildman–Crippen LogP) is 1.79. The Morgan fingerprint density at radius 3 is 2.96 bits per heavy atom. The van der Waals surface area contributed by atoms with Crippen molar-refractivity contribution >= 4 is 6.03 Å². The second-order valence-corrected chi connectivity index (χ2v) is 5.92. The number of piperidine rings is 1. The van der Waals surface area contributed by atoms with Crippen LogP contribution in [0.2, 0.25) is 0 Å². The monoisotopic (exact) mass is 314 g/mol. The van der Waals surface area contributed by atoms with E-state index in [2.05, 4.69) is 10.4 Å². The van der Waals surface area contributed by atoms with Crippen LogP contribution >= 0.6 is 0 Å². The van der Waals surface area contributed by atoms with Crippen LogP contribution < -0.4 is 5.32 Å². The predicted molar refractivity (Wildman–Crippen MR) is 87.2 cm³/mol. The normalized spacial score (nSPS) is 18.0. The van der Waals surface area contributed by atoms with Gasteiger partial charge in [-0.3, -0.25) is 0 Å². The van der Waals surface area contributed by atoms with Crippen molar-refractivity contribution in [3.05, 3.63) is 48.3 Å². The number of aliphatic hydroxyl groups is 1. The number of urea groups is 1. The molecule has 122 valence electrons. The first-order chi connectivity index (χ1) is 11.3. The first-order valence-corrected chi connectivity index (χ1v) is 7.99. The van der Waals surface area contributed by atoms with Crippen molar-refractivity contribution in [3.63, 3.8) is 0 Å². The minimum Gasteiger partial charge on any atom is -0.396 e. The summed E-state index contributed by atoms with van der Waals surface area (Å²) in [5.41, 5.74) is 1.95. The fourth-order valence-corrected chi connectivity index (χ4v) is 2.86. The third-order valence-electron chi connectivity index (χ3n) is 4.16. The Morgan fingerprint density at radius 1 is 1.35 bits per heavy atom. The van der Waals surface area contributed by atoms with Crippen molar-refractivity contribution in [2.75, 3.05) is 19.7 Å². The molecule has 1 aromatic carbocycles. The van der Waals surface area contributed by atoms with Crippen molar-refractivity contribution < 1.29 is 9.90 Å². The van der Waals surface area contributed by atoms with E-state index in [4.69, 9.17) is 0 Å². The number of aromatic nitrogens is 2. The molecule has 0 radical (unpaired) electrons.